The van der Waals surface area contributed by atoms with Crippen molar-refractivity contribution in [3.8, 4) is 23.0 Å². The molecule has 8 nitrogen and oxygen atoms in total. The van der Waals surface area contributed by atoms with E-state index in [0.29, 0.717) is 29.0 Å². The molecule has 0 spiro atoms. The van der Waals surface area contributed by atoms with Crippen LogP contribution in [0, 0.1) is 0 Å². The highest BCUT2D eigenvalue weighted by molar-refractivity contribution is 7.99. The number of Topliss-reactive ketones (excluding diaryl/α,β-unsaturated/α-hetero) is 1. The summed E-state index contributed by atoms with van der Waals surface area (Å²) in [4.78, 5) is 12.5. The van der Waals surface area contributed by atoms with Crippen LogP contribution < -0.4 is 9.47 Å². The molecule has 2 aromatic carbocycles. The predicted octanol–water partition coefficient (Wildman–Crippen LogP) is 3.36. The number of ether oxygens (including phenoxy) is 2. The molecule has 30 heavy (non-hydrogen) atoms. The van der Waals surface area contributed by atoms with Crippen LogP contribution in [0.3, 0.4) is 0 Å². The van der Waals surface area contributed by atoms with E-state index in [1.807, 2.05) is 28.8 Å². The first-order valence-electron chi connectivity index (χ1n) is 9.17. The summed E-state index contributed by atoms with van der Waals surface area (Å²) >= 11 is 1.20. The van der Waals surface area contributed by atoms with E-state index in [9.17, 15) is 15.0 Å². The van der Waals surface area contributed by atoms with Gasteiger partial charge in [0.25, 0.3) is 0 Å². The maximum Gasteiger partial charge on any atom is 0.192 e. The summed E-state index contributed by atoms with van der Waals surface area (Å²) in [6.45, 7) is 4.50. The minimum atomic E-state index is -0.446. The maximum absolute atomic E-state index is 12.5. The summed E-state index contributed by atoms with van der Waals surface area (Å²) in [7, 11) is 0. The van der Waals surface area contributed by atoms with Gasteiger partial charge in [-0.2, -0.15) is 0 Å². The van der Waals surface area contributed by atoms with E-state index in [4.69, 9.17) is 9.47 Å². The molecular weight excluding hydrogens is 406 g/mol. The number of thioether (sulfide) groups is 1. The molecule has 1 aliphatic heterocycles. The molecule has 0 unspecified atom stereocenters. The number of aromatic hydroxyl groups is 2. The topological polar surface area (TPSA) is 107 Å². The van der Waals surface area contributed by atoms with Crippen molar-refractivity contribution in [3.63, 3.8) is 0 Å². The van der Waals surface area contributed by atoms with Gasteiger partial charge in [0.1, 0.15) is 18.1 Å². The Kier molecular flexibility index (Phi) is 5.62. The lowest BCUT2D eigenvalue weighted by Gasteiger charge is -2.26. The highest BCUT2D eigenvalue weighted by atomic mass is 32.2. The molecule has 0 saturated heterocycles. The molecule has 2 N–H and O–H groups in total. The highest BCUT2D eigenvalue weighted by Crippen LogP contribution is 2.36. The van der Waals surface area contributed by atoms with Crippen LogP contribution in [0.2, 0.25) is 0 Å². The Morgan fingerprint density at radius 3 is 2.80 bits per heavy atom. The van der Waals surface area contributed by atoms with Crippen LogP contribution in [-0.4, -0.2) is 43.1 Å². The van der Waals surface area contributed by atoms with Crippen LogP contribution in [0.4, 0.5) is 0 Å². The van der Waals surface area contributed by atoms with E-state index in [2.05, 4.69) is 16.8 Å². The maximum atomic E-state index is 12.5. The van der Waals surface area contributed by atoms with Crippen LogP contribution in [0.15, 0.2) is 60.3 Å². The van der Waals surface area contributed by atoms with Crippen LogP contribution in [0.5, 0.6) is 23.0 Å². The fourth-order valence-corrected chi connectivity index (χ4v) is 3.89. The summed E-state index contributed by atoms with van der Waals surface area (Å²) in [5.41, 5.74) is 0.135. The van der Waals surface area contributed by atoms with Crippen molar-refractivity contribution >= 4 is 17.5 Å². The number of rotatable bonds is 7. The number of para-hydroxylation sites is 2. The molecule has 1 atom stereocenters. The number of phenols is 2. The average Bonchev–Trinajstić information content (AvgIpc) is 3.14. The van der Waals surface area contributed by atoms with E-state index >= 15 is 0 Å². The molecule has 154 valence electrons. The fraction of sp³-hybridized carbons (Fsp3) is 0.190. The lowest BCUT2D eigenvalue weighted by Crippen LogP contribution is -2.25. The number of fused-ring (bicyclic) bond motifs is 1. The minimum absolute atomic E-state index is 0.0401. The second kappa shape index (κ2) is 8.50. The molecule has 0 saturated carbocycles. The van der Waals surface area contributed by atoms with Gasteiger partial charge in [0.2, 0.25) is 0 Å². The van der Waals surface area contributed by atoms with Crippen molar-refractivity contribution in [1.82, 2.24) is 14.8 Å². The third-order valence-electron chi connectivity index (χ3n) is 4.47. The summed E-state index contributed by atoms with van der Waals surface area (Å²) < 4.78 is 13.6. The monoisotopic (exact) mass is 425 g/mol. The van der Waals surface area contributed by atoms with Gasteiger partial charge in [-0.3, -0.25) is 9.36 Å². The number of ketones is 1. The van der Waals surface area contributed by atoms with Crippen LogP contribution in [0.25, 0.3) is 0 Å². The summed E-state index contributed by atoms with van der Waals surface area (Å²) in [5, 5.41) is 28.3. The number of carbonyl (C=O) groups is 1. The van der Waals surface area contributed by atoms with Crippen LogP contribution >= 0.6 is 11.8 Å². The minimum Gasteiger partial charge on any atom is -0.508 e. The Balaban J connectivity index is 1.51. The smallest absolute Gasteiger partial charge is 0.192 e. The van der Waals surface area contributed by atoms with E-state index in [1.165, 1.54) is 23.9 Å². The Hall–Kier alpha value is -3.46. The van der Waals surface area contributed by atoms with Gasteiger partial charge < -0.3 is 19.7 Å². The normalized spacial score (nSPS) is 15.0. The predicted molar refractivity (Wildman–Crippen MR) is 110 cm³/mol. The third kappa shape index (κ3) is 3.97. The lowest BCUT2D eigenvalue weighted by molar-refractivity contribution is 0.0821. The Bertz CT molecular complexity index is 1100. The van der Waals surface area contributed by atoms with E-state index in [0.717, 1.165) is 6.07 Å². The molecular formula is C21H19N3O5S. The molecule has 9 heteroatoms. The second-order valence-electron chi connectivity index (χ2n) is 6.52. The number of aromatic nitrogens is 3. The molecule has 0 fully saturated rings. The van der Waals surface area contributed by atoms with Gasteiger partial charge in [-0.1, -0.05) is 30.0 Å². The molecule has 0 amide bonds. The van der Waals surface area contributed by atoms with Crippen LogP contribution in [0.1, 0.15) is 22.3 Å². The quantitative estimate of drug-likeness (QED) is 0.337. The first-order valence-corrected chi connectivity index (χ1v) is 10.2. The van der Waals surface area contributed by atoms with Gasteiger partial charge in [-0.15, -0.1) is 16.8 Å². The third-order valence-corrected chi connectivity index (χ3v) is 5.43. The van der Waals surface area contributed by atoms with Gasteiger partial charge in [0.05, 0.1) is 11.3 Å². The van der Waals surface area contributed by atoms with E-state index in [1.54, 1.807) is 6.08 Å². The summed E-state index contributed by atoms with van der Waals surface area (Å²) in [5.74, 6) is 1.26. The second-order valence-corrected chi connectivity index (χ2v) is 7.46. The van der Waals surface area contributed by atoms with Crippen molar-refractivity contribution in [2.45, 2.75) is 17.8 Å². The molecule has 3 aromatic rings. The van der Waals surface area contributed by atoms with Gasteiger partial charge >= 0.3 is 0 Å². The number of hydrogen-bond acceptors (Lipinski definition) is 8. The molecule has 4 rings (SSSR count). The van der Waals surface area contributed by atoms with E-state index < -0.39 is 6.10 Å². The first-order chi connectivity index (χ1) is 14.6. The van der Waals surface area contributed by atoms with Gasteiger partial charge in [0.15, 0.2) is 34.4 Å². The number of hydrogen-bond donors (Lipinski definition) is 2. The van der Waals surface area contributed by atoms with Crippen molar-refractivity contribution in [2.75, 3.05) is 12.4 Å². The molecule has 1 aliphatic rings. The number of benzene rings is 2. The molecule has 2 heterocycles. The number of nitrogens with zero attached hydrogens (tertiary/aromatic N) is 3. The summed E-state index contributed by atoms with van der Waals surface area (Å²) in [6, 6.07) is 11.3. The molecule has 0 radical (unpaired) electrons. The Morgan fingerprint density at radius 2 is 2.03 bits per heavy atom. The Morgan fingerprint density at radius 1 is 1.23 bits per heavy atom. The molecule has 1 aromatic heterocycles. The van der Waals surface area contributed by atoms with Gasteiger partial charge in [-0.25, -0.2) is 0 Å². The summed E-state index contributed by atoms with van der Waals surface area (Å²) in [6.07, 6.45) is 1.26. The van der Waals surface area contributed by atoms with Crippen LogP contribution in [-0.2, 0) is 6.54 Å². The van der Waals surface area contributed by atoms with Crippen molar-refractivity contribution < 1.29 is 24.5 Å². The fourth-order valence-electron chi connectivity index (χ4n) is 3.06. The molecule has 0 bridgehead atoms. The average molecular weight is 425 g/mol. The number of carbonyl (C=O) groups excluding carboxylic acids is 1. The lowest BCUT2D eigenvalue weighted by atomic mass is 10.1. The van der Waals surface area contributed by atoms with Crippen molar-refractivity contribution in [2.24, 2.45) is 0 Å². The van der Waals surface area contributed by atoms with Gasteiger partial charge in [0, 0.05) is 12.6 Å². The number of allylic oxidation sites excluding steroid dienone is 1. The zero-order valence-electron chi connectivity index (χ0n) is 15.9. The zero-order valence-corrected chi connectivity index (χ0v) is 16.7. The Labute approximate surface area is 176 Å². The largest absolute Gasteiger partial charge is 0.508 e. The van der Waals surface area contributed by atoms with E-state index in [-0.39, 0.29) is 35.2 Å². The molecule has 0 aliphatic carbocycles. The zero-order chi connectivity index (χ0) is 21.1. The standard InChI is InChI=1S/C21H19N3O5S/c1-2-9-24-20(19-11-28-17-5-3-4-6-18(17)29-19)22-23-21(24)30-12-16(27)14-8-7-13(25)10-15(14)26/h2-8,10,19,25-26H,1,9,11-12H2/t19-/m0/s1. The first kappa shape index (κ1) is 19.8. The van der Waals surface area contributed by atoms with Gasteiger partial charge in [-0.05, 0) is 24.3 Å². The van der Waals surface area contributed by atoms with Crippen molar-refractivity contribution in [3.05, 3.63) is 66.5 Å². The number of phenolic OH excluding ortho intramolecular Hbond substituents is 2. The highest BCUT2D eigenvalue weighted by Gasteiger charge is 2.28. The van der Waals surface area contributed by atoms with Crippen molar-refractivity contribution in [1.29, 1.82) is 0 Å². The SMILES string of the molecule is C=CCn1c(SCC(=O)c2ccc(O)cc2O)nnc1[C@@H]1COc2ccccc2O1.